The second-order valence-electron chi connectivity index (χ2n) is 12.8. The van der Waals surface area contributed by atoms with E-state index in [-0.39, 0.29) is 11.9 Å². The molecule has 3 nitrogen and oxygen atoms in total. The van der Waals surface area contributed by atoms with Crippen LogP contribution in [0.4, 0.5) is 0 Å². The summed E-state index contributed by atoms with van der Waals surface area (Å²) in [4.78, 5) is 0. The molecule has 0 saturated heterocycles. The predicted molar refractivity (Wildman–Crippen MR) is 152 cm³/mol. The minimum Gasteiger partial charge on any atom is -0.487 e. The van der Waals surface area contributed by atoms with E-state index in [2.05, 4.69) is 48.5 Å². The normalized spacial score (nSPS) is 23.0. The van der Waals surface area contributed by atoms with Crippen molar-refractivity contribution in [2.75, 3.05) is 6.61 Å². The Kier molecular flexibility index (Phi) is 11.0. The Hall–Kier alpha value is -1.22. The van der Waals surface area contributed by atoms with Crippen molar-refractivity contribution in [1.82, 2.24) is 0 Å². The zero-order valence-corrected chi connectivity index (χ0v) is 24.9. The van der Waals surface area contributed by atoms with Crippen LogP contribution in [-0.2, 0) is 17.6 Å². The number of ether oxygens (including phenoxy) is 3. The summed E-state index contributed by atoms with van der Waals surface area (Å²) in [6, 6.07) is 0. The zero-order valence-electron chi connectivity index (χ0n) is 24.9. The van der Waals surface area contributed by atoms with Gasteiger partial charge in [0.1, 0.15) is 17.1 Å². The summed E-state index contributed by atoms with van der Waals surface area (Å²) < 4.78 is 18.9. The fraction of sp³-hybridized carbons (Fsp3) is 0.818. The minimum atomic E-state index is -0.108. The van der Waals surface area contributed by atoms with E-state index in [1.54, 1.807) is 0 Å². The Labute approximate surface area is 223 Å². The molecule has 0 fully saturated rings. The SMILES string of the molecule is CCOC1CCc2c3c(c(C)c(C)c2O1)O[C@](C)(CCC[C@H](C)CCC[C@H](C)CCCC(C)C)CC3. The molecule has 2 heterocycles. The van der Waals surface area contributed by atoms with E-state index >= 15 is 0 Å². The van der Waals surface area contributed by atoms with Crippen LogP contribution in [0.1, 0.15) is 134 Å². The largest absolute Gasteiger partial charge is 0.487 e. The van der Waals surface area contributed by atoms with Crippen molar-refractivity contribution in [2.24, 2.45) is 17.8 Å². The third-order valence-electron chi connectivity index (χ3n) is 8.92. The molecular formula is C33H56O3. The monoisotopic (exact) mass is 500 g/mol. The molecular weight excluding hydrogens is 444 g/mol. The van der Waals surface area contributed by atoms with Crippen LogP contribution < -0.4 is 9.47 Å². The van der Waals surface area contributed by atoms with E-state index in [1.165, 1.54) is 73.6 Å². The van der Waals surface area contributed by atoms with Crippen LogP contribution in [0, 0.1) is 31.6 Å². The van der Waals surface area contributed by atoms with Crippen LogP contribution in [0.2, 0.25) is 0 Å². The van der Waals surface area contributed by atoms with Gasteiger partial charge in [-0.2, -0.15) is 0 Å². The maximum Gasteiger partial charge on any atom is 0.200 e. The van der Waals surface area contributed by atoms with Crippen LogP contribution in [-0.4, -0.2) is 18.5 Å². The first-order valence-electron chi connectivity index (χ1n) is 15.3. The molecule has 206 valence electrons. The van der Waals surface area contributed by atoms with Gasteiger partial charge in [-0.25, -0.2) is 0 Å². The lowest BCUT2D eigenvalue weighted by Crippen LogP contribution is -2.38. The second kappa shape index (κ2) is 13.5. The van der Waals surface area contributed by atoms with Gasteiger partial charge in [0.15, 0.2) is 6.29 Å². The molecule has 0 radical (unpaired) electrons. The standard InChI is InChI=1S/C33H56O3/c1-9-34-30-19-18-28-29-20-22-33(8,36-32(29)27(7)26(6)31(28)35-30)21-12-17-25(5)16-11-15-24(4)14-10-13-23(2)3/h23-25,30H,9-22H2,1-8H3/t24-,25-,30?,33-/m1/s1. The molecule has 0 amide bonds. The topological polar surface area (TPSA) is 27.7 Å². The molecule has 4 atom stereocenters. The molecule has 2 aliphatic rings. The molecule has 3 rings (SSSR count). The van der Waals surface area contributed by atoms with E-state index in [1.807, 2.05) is 6.92 Å². The summed E-state index contributed by atoms with van der Waals surface area (Å²) in [5.41, 5.74) is 5.20. The summed E-state index contributed by atoms with van der Waals surface area (Å²) in [6.45, 7) is 19.1. The van der Waals surface area contributed by atoms with Gasteiger partial charge in [-0.05, 0) is 88.7 Å². The first-order valence-corrected chi connectivity index (χ1v) is 15.3. The third kappa shape index (κ3) is 7.89. The number of fused-ring (bicyclic) bond motifs is 3. The van der Waals surface area contributed by atoms with Crippen LogP contribution in [0.15, 0.2) is 0 Å². The molecule has 0 bridgehead atoms. The molecule has 3 heteroatoms. The van der Waals surface area contributed by atoms with Gasteiger partial charge in [0, 0.05) is 24.2 Å². The highest BCUT2D eigenvalue weighted by molar-refractivity contribution is 5.60. The van der Waals surface area contributed by atoms with Crippen molar-refractivity contribution < 1.29 is 14.2 Å². The molecule has 2 aliphatic heterocycles. The van der Waals surface area contributed by atoms with Gasteiger partial charge in [0.2, 0.25) is 0 Å². The Balaban J connectivity index is 1.47. The van der Waals surface area contributed by atoms with Crippen LogP contribution in [0.3, 0.4) is 0 Å². The average Bonchev–Trinajstić information content (AvgIpc) is 2.82. The van der Waals surface area contributed by atoms with Crippen molar-refractivity contribution >= 4 is 0 Å². The van der Waals surface area contributed by atoms with E-state index < -0.39 is 0 Å². The van der Waals surface area contributed by atoms with Crippen molar-refractivity contribution in [2.45, 2.75) is 151 Å². The van der Waals surface area contributed by atoms with E-state index in [9.17, 15) is 0 Å². The highest BCUT2D eigenvalue weighted by Crippen LogP contribution is 2.47. The Morgan fingerprint density at radius 2 is 1.42 bits per heavy atom. The summed E-state index contributed by atoms with van der Waals surface area (Å²) in [7, 11) is 0. The van der Waals surface area contributed by atoms with E-state index in [0.29, 0.717) is 6.61 Å². The Bertz CT molecular complexity index is 829. The maximum atomic E-state index is 6.83. The zero-order chi connectivity index (χ0) is 26.3. The van der Waals surface area contributed by atoms with Gasteiger partial charge in [-0.15, -0.1) is 0 Å². The third-order valence-corrected chi connectivity index (χ3v) is 8.92. The molecule has 0 aromatic heterocycles. The molecule has 0 aliphatic carbocycles. The first-order chi connectivity index (χ1) is 17.1. The van der Waals surface area contributed by atoms with Crippen molar-refractivity contribution in [3.05, 3.63) is 22.3 Å². The number of benzene rings is 1. The first kappa shape index (κ1) is 29.3. The molecule has 1 aromatic rings. The summed E-state index contributed by atoms with van der Waals surface area (Å²) in [5, 5.41) is 0. The summed E-state index contributed by atoms with van der Waals surface area (Å²) >= 11 is 0. The maximum absolute atomic E-state index is 6.83. The minimum absolute atomic E-state index is 0.0491. The lowest BCUT2D eigenvalue weighted by atomic mass is 9.82. The van der Waals surface area contributed by atoms with E-state index in [0.717, 1.165) is 61.4 Å². The lowest BCUT2D eigenvalue weighted by Gasteiger charge is -2.40. The van der Waals surface area contributed by atoms with Gasteiger partial charge in [-0.3, -0.25) is 0 Å². The van der Waals surface area contributed by atoms with Crippen LogP contribution >= 0.6 is 0 Å². The summed E-state index contributed by atoms with van der Waals surface area (Å²) in [5.74, 6) is 4.77. The van der Waals surface area contributed by atoms with Gasteiger partial charge < -0.3 is 14.2 Å². The number of rotatable bonds is 14. The molecule has 0 spiro atoms. The van der Waals surface area contributed by atoms with E-state index in [4.69, 9.17) is 14.2 Å². The number of hydrogen-bond acceptors (Lipinski definition) is 3. The van der Waals surface area contributed by atoms with Crippen molar-refractivity contribution in [1.29, 1.82) is 0 Å². The predicted octanol–water partition coefficient (Wildman–Crippen LogP) is 9.51. The molecule has 36 heavy (non-hydrogen) atoms. The smallest absolute Gasteiger partial charge is 0.200 e. The highest BCUT2D eigenvalue weighted by Gasteiger charge is 2.36. The fourth-order valence-electron chi connectivity index (χ4n) is 6.32. The number of hydrogen-bond donors (Lipinski definition) is 0. The van der Waals surface area contributed by atoms with Crippen molar-refractivity contribution in [3.63, 3.8) is 0 Å². The molecule has 1 unspecified atom stereocenters. The Morgan fingerprint density at radius 3 is 2.06 bits per heavy atom. The van der Waals surface area contributed by atoms with Gasteiger partial charge >= 0.3 is 0 Å². The molecule has 1 aromatic carbocycles. The van der Waals surface area contributed by atoms with Crippen LogP contribution in [0.5, 0.6) is 11.5 Å². The highest BCUT2D eigenvalue weighted by atomic mass is 16.7. The van der Waals surface area contributed by atoms with Crippen LogP contribution in [0.25, 0.3) is 0 Å². The van der Waals surface area contributed by atoms with Gasteiger partial charge in [-0.1, -0.05) is 72.6 Å². The second-order valence-corrected chi connectivity index (χ2v) is 12.8. The van der Waals surface area contributed by atoms with Gasteiger partial charge in [0.05, 0.1) is 0 Å². The molecule has 0 N–H and O–H groups in total. The average molecular weight is 501 g/mol. The molecule has 0 saturated carbocycles. The fourth-order valence-corrected chi connectivity index (χ4v) is 6.32. The lowest BCUT2D eigenvalue weighted by molar-refractivity contribution is -0.0869. The Morgan fingerprint density at radius 1 is 0.833 bits per heavy atom. The van der Waals surface area contributed by atoms with Gasteiger partial charge in [0.25, 0.3) is 0 Å². The summed E-state index contributed by atoms with van der Waals surface area (Å²) in [6.07, 6.45) is 16.2. The van der Waals surface area contributed by atoms with Crippen molar-refractivity contribution in [3.8, 4) is 11.5 Å². The quantitative estimate of drug-likeness (QED) is 0.254.